The molecule has 1 aliphatic rings. The number of benzene rings is 2. The second kappa shape index (κ2) is 8.12. The van der Waals surface area contributed by atoms with E-state index in [9.17, 15) is 4.79 Å². The van der Waals surface area contributed by atoms with Crippen molar-refractivity contribution in [3.63, 3.8) is 0 Å². The Morgan fingerprint density at radius 3 is 2.93 bits per heavy atom. The van der Waals surface area contributed by atoms with E-state index in [1.165, 1.54) is 16.9 Å². The number of anilines is 1. The van der Waals surface area contributed by atoms with Crippen LogP contribution in [0, 0.1) is 0 Å². The third-order valence-electron chi connectivity index (χ3n) is 4.91. The molecular weight excluding hydrogens is 398 g/mol. The van der Waals surface area contributed by atoms with Crippen LogP contribution in [0.15, 0.2) is 64.5 Å². The van der Waals surface area contributed by atoms with Crippen LogP contribution in [0.25, 0.3) is 22.6 Å². The smallest absolute Gasteiger partial charge is 0.226 e. The summed E-state index contributed by atoms with van der Waals surface area (Å²) in [6.07, 6.45) is 3.32. The quantitative estimate of drug-likeness (QED) is 0.479. The summed E-state index contributed by atoms with van der Waals surface area (Å²) in [6.45, 7) is 0.731. The van der Waals surface area contributed by atoms with Crippen molar-refractivity contribution >= 4 is 22.4 Å². The van der Waals surface area contributed by atoms with E-state index in [-0.39, 0.29) is 12.3 Å². The molecule has 0 aliphatic carbocycles. The van der Waals surface area contributed by atoms with E-state index >= 15 is 0 Å². The highest BCUT2D eigenvalue weighted by atomic mass is 32.1. The summed E-state index contributed by atoms with van der Waals surface area (Å²) in [5.41, 5.74) is 4.05. The number of aryl methyl sites for hydroxylation is 1. The lowest BCUT2D eigenvalue weighted by Crippen LogP contribution is -2.12. The van der Waals surface area contributed by atoms with Crippen LogP contribution in [0.1, 0.15) is 17.9 Å². The SMILES string of the molecule is O=C(CCc1ncc(-c2ccccc2)o1)Nc1nc(-c2ccc3c(c2)CCO3)cs1. The molecule has 0 atom stereocenters. The van der Waals surface area contributed by atoms with Gasteiger partial charge in [0.15, 0.2) is 16.8 Å². The maximum Gasteiger partial charge on any atom is 0.226 e. The number of amides is 1. The van der Waals surface area contributed by atoms with Gasteiger partial charge in [-0.1, -0.05) is 30.3 Å². The average Bonchev–Trinajstić information content (AvgIpc) is 3.53. The predicted molar refractivity (Wildman–Crippen MR) is 116 cm³/mol. The van der Waals surface area contributed by atoms with Gasteiger partial charge in [-0.05, 0) is 23.8 Å². The number of fused-ring (bicyclic) bond motifs is 1. The summed E-state index contributed by atoms with van der Waals surface area (Å²) in [6, 6.07) is 15.9. The normalized spacial score (nSPS) is 12.4. The Morgan fingerprint density at radius 1 is 1.13 bits per heavy atom. The summed E-state index contributed by atoms with van der Waals surface area (Å²) < 4.78 is 11.3. The molecule has 0 saturated heterocycles. The van der Waals surface area contributed by atoms with Gasteiger partial charge in [-0.15, -0.1) is 11.3 Å². The lowest BCUT2D eigenvalue weighted by Gasteiger charge is -2.02. The Morgan fingerprint density at radius 2 is 2.03 bits per heavy atom. The van der Waals surface area contributed by atoms with Gasteiger partial charge in [0.2, 0.25) is 5.91 Å². The number of carbonyl (C=O) groups excluding carboxylic acids is 1. The summed E-state index contributed by atoms with van der Waals surface area (Å²) >= 11 is 1.42. The van der Waals surface area contributed by atoms with Crippen molar-refractivity contribution in [2.45, 2.75) is 19.3 Å². The zero-order chi connectivity index (χ0) is 20.3. The molecule has 0 saturated carbocycles. The van der Waals surface area contributed by atoms with Gasteiger partial charge in [0.05, 0.1) is 18.5 Å². The van der Waals surface area contributed by atoms with Gasteiger partial charge in [0.1, 0.15) is 5.75 Å². The van der Waals surface area contributed by atoms with Crippen LogP contribution in [0.2, 0.25) is 0 Å². The van der Waals surface area contributed by atoms with Crippen molar-refractivity contribution < 1.29 is 13.9 Å². The molecule has 30 heavy (non-hydrogen) atoms. The van der Waals surface area contributed by atoms with Crippen LogP contribution in [0.3, 0.4) is 0 Å². The molecule has 1 N–H and O–H groups in total. The number of hydrogen-bond acceptors (Lipinski definition) is 6. The number of thiazole rings is 1. The highest BCUT2D eigenvalue weighted by Gasteiger charge is 2.15. The van der Waals surface area contributed by atoms with Crippen LogP contribution in [-0.4, -0.2) is 22.5 Å². The molecule has 0 bridgehead atoms. The molecule has 5 rings (SSSR count). The van der Waals surface area contributed by atoms with E-state index in [4.69, 9.17) is 9.15 Å². The Balaban J connectivity index is 1.18. The second-order valence-corrected chi connectivity index (χ2v) is 7.85. The minimum Gasteiger partial charge on any atom is -0.493 e. The first-order chi connectivity index (χ1) is 14.7. The first kappa shape index (κ1) is 18.6. The van der Waals surface area contributed by atoms with Gasteiger partial charge in [-0.3, -0.25) is 4.79 Å². The fourth-order valence-corrected chi connectivity index (χ4v) is 4.11. The number of rotatable bonds is 6. The third-order valence-corrected chi connectivity index (χ3v) is 5.67. The van der Waals surface area contributed by atoms with Crippen molar-refractivity contribution in [1.82, 2.24) is 9.97 Å². The monoisotopic (exact) mass is 417 g/mol. The maximum absolute atomic E-state index is 12.3. The van der Waals surface area contributed by atoms with E-state index < -0.39 is 0 Å². The molecule has 0 unspecified atom stereocenters. The number of ether oxygens (including phenoxy) is 1. The van der Waals surface area contributed by atoms with Crippen LogP contribution < -0.4 is 10.1 Å². The number of aromatic nitrogens is 2. The molecule has 0 fully saturated rings. The van der Waals surface area contributed by atoms with Crippen molar-refractivity contribution in [2.24, 2.45) is 0 Å². The second-order valence-electron chi connectivity index (χ2n) is 6.99. The number of oxazole rings is 1. The summed E-state index contributed by atoms with van der Waals surface area (Å²) in [5, 5.41) is 5.41. The lowest BCUT2D eigenvalue weighted by atomic mass is 10.1. The minimum atomic E-state index is -0.113. The Bertz CT molecular complexity index is 1180. The molecule has 6 nitrogen and oxygen atoms in total. The van der Waals surface area contributed by atoms with Crippen LogP contribution >= 0.6 is 11.3 Å². The van der Waals surface area contributed by atoms with Gasteiger partial charge >= 0.3 is 0 Å². The van der Waals surface area contributed by atoms with Gasteiger partial charge in [-0.25, -0.2) is 9.97 Å². The number of nitrogens with one attached hydrogen (secondary N) is 1. The molecule has 2 aromatic heterocycles. The highest BCUT2D eigenvalue weighted by Crippen LogP contribution is 2.32. The molecule has 1 aliphatic heterocycles. The van der Waals surface area contributed by atoms with Crippen molar-refractivity contribution in [3.8, 4) is 28.3 Å². The standard InChI is InChI=1S/C23H19N3O3S/c27-21(8-9-22-24-13-20(29-22)15-4-2-1-3-5-15)26-23-25-18(14-30-23)16-6-7-19-17(12-16)10-11-28-19/h1-7,12-14H,8-11H2,(H,25,26,27). The molecule has 2 aromatic carbocycles. The number of nitrogens with zero attached hydrogens (tertiary/aromatic N) is 2. The molecule has 7 heteroatoms. The van der Waals surface area contributed by atoms with E-state index in [1.807, 2.05) is 47.8 Å². The van der Waals surface area contributed by atoms with Crippen molar-refractivity contribution in [2.75, 3.05) is 11.9 Å². The first-order valence-corrected chi connectivity index (χ1v) is 10.6. The Hall–Kier alpha value is -3.45. The Kier molecular flexibility index (Phi) is 5.03. The molecule has 4 aromatic rings. The molecule has 150 valence electrons. The number of hydrogen-bond donors (Lipinski definition) is 1. The Labute approximate surface area is 177 Å². The van der Waals surface area contributed by atoms with Gasteiger partial charge in [0.25, 0.3) is 0 Å². The summed E-state index contributed by atoms with van der Waals surface area (Å²) in [5.74, 6) is 2.08. The van der Waals surface area contributed by atoms with Crippen LogP contribution in [-0.2, 0) is 17.6 Å². The van der Waals surface area contributed by atoms with Crippen LogP contribution in [0.4, 0.5) is 5.13 Å². The van der Waals surface area contributed by atoms with E-state index in [2.05, 4.69) is 21.4 Å². The fraction of sp³-hybridized carbons (Fsp3) is 0.174. The lowest BCUT2D eigenvalue weighted by molar-refractivity contribution is -0.116. The molecule has 3 heterocycles. The maximum atomic E-state index is 12.3. The highest BCUT2D eigenvalue weighted by molar-refractivity contribution is 7.14. The number of carbonyl (C=O) groups is 1. The van der Waals surface area contributed by atoms with Crippen LogP contribution in [0.5, 0.6) is 5.75 Å². The van der Waals surface area contributed by atoms with Gasteiger partial charge in [0, 0.05) is 35.8 Å². The topological polar surface area (TPSA) is 77.3 Å². The van der Waals surface area contributed by atoms with Gasteiger partial charge < -0.3 is 14.5 Å². The average molecular weight is 417 g/mol. The molecule has 0 radical (unpaired) electrons. The fourth-order valence-electron chi connectivity index (χ4n) is 3.37. The zero-order valence-electron chi connectivity index (χ0n) is 16.1. The molecule has 1 amide bonds. The van der Waals surface area contributed by atoms with E-state index in [1.54, 1.807) is 6.20 Å². The summed E-state index contributed by atoms with van der Waals surface area (Å²) in [7, 11) is 0. The molecule has 0 spiro atoms. The third kappa shape index (κ3) is 3.97. The van der Waals surface area contributed by atoms with E-state index in [0.29, 0.717) is 23.2 Å². The van der Waals surface area contributed by atoms with Crippen molar-refractivity contribution in [3.05, 3.63) is 71.6 Å². The first-order valence-electron chi connectivity index (χ1n) is 9.76. The van der Waals surface area contributed by atoms with Crippen molar-refractivity contribution in [1.29, 1.82) is 0 Å². The van der Waals surface area contributed by atoms with E-state index in [0.717, 1.165) is 35.6 Å². The zero-order valence-corrected chi connectivity index (χ0v) is 16.9. The largest absolute Gasteiger partial charge is 0.493 e. The molecular formula is C23H19N3O3S. The summed E-state index contributed by atoms with van der Waals surface area (Å²) in [4.78, 5) is 21.2. The van der Waals surface area contributed by atoms with Gasteiger partial charge in [-0.2, -0.15) is 0 Å². The predicted octanol–water partition coefficient (Wildman–Crippen LogP) is 4.97. The minimum absolute atomic E-state index is 0.113.